The average molecular weight is 274 g/mol. The van der Waals surface area contributed by atoms with Crippen LogP contribution in [-0.4, -0.2) is 37.8 Å². The third-order valence-corrected chi connectivity index (χ3v) is 3.27. The van der Waals surface area contributed by atoms with Gasteiger partial charge in [0.15, 0.2) is 0 Å². The highest BCUT2D eigenvalue weighted by molar-refractivity contribution is 5.92. The van der Waals surface area contributed by atoms with Crippen LogP contribution in [0.15, 0.2) is 24.7 Å². The molecule has 0 aliphatic carbocycles. The first kappa shape index (κ1) is 12.7. The van der Waals surface area contributed by atoms with Crippen LogP contribution in [-0.2, 0) is 13.1 Å². The minimum absolute atomic E-state index is 0.00547. The van der Waals surface area contributed by atoms with Crippen LogP contribution in [0.3, 0.4) is 0 Å². The van der Waals surface area contributed by atoms with E-state index in [0.29, 0.717) is 12.2 Å². The van der Waals surface area contributed by atoms with Gasteiger partial charge in [-0.3, -0.25) is 9.48 Å². The van der Waals surface area contributed by atoms with Gasteiger partial charge >= 0.3 is 0 Å². The highest BCUT2D eigenvalue weighted by Gasteiger charge is 2.17. The smallest absolute Gasteiger partial charge is 0.271 e. The van der Waals surface area contributed by atoms with Gasteiger partial charge in [-0.15, -0.1) is 0 Å². The monoisotopic (exact) mass is 274 g/mol. The Labute approximate surface area is 117 Å². The summed E-state index contributed by atoms with van der Waals surface area (Å²) in [5.41, 5.74) is 0.460. The quantitative estimate of drug-likeness (QED) is 0.861. The molecular formula is C13H18N6O. The van der Waals surface area contributed by atoms with Gasteiger partial charge < -0.3 is 15.2 Å². The second-order valence-corrected chi connectivity index (χ2v) is 5.03. The van der Waals surface area contributed by atoms with Gasteiger partial charge in [0, 0.05) is 37.7 Å². The van der Waals surface area contributed by atoms with Crippen LogP contribution in [0, 0.1) is 0 Å². The molecule has 3 heterocycles. The van der Waals surface area contributed by atoms with Crippen molar-refractivity contribution in [2.45, 2.75) is 32.5 Å². The van der Waals surface area contributed by atoms with E-state index in [4.69, 9.17) is 0 Å². The van der Waals surface area contributed by atoms with Gasteiger partial charge in [-0.25, -0.2) is 4.98 Å². The van der Waals surface area contributed by atoms with Crippen molar-refractivity contribution in [3.63, 3.8) is 0 Å². The van der Waals surface area contributed by atoms with Crippen molar-refractivity contribution in [3.05, 3.63) is 30.4 Å². The summed E-state index contributed by atoms with van der Waals surface area (Å²) >= 11 is 0. The van der Waals surface area contributed by atoms with Crippen LogP contribution in [0.1, 0.15) is 23.8 Å². The summed E-state index contributed by atoms with van der Waals surface area (Å²) in [6.07, 6.45) is 6.46. The Bertz CT molecular complexity index is 565. The highest BCUT2D eigenvalue weighted by Crippen LogP contribution is 2.14. The lowest BCUT2D eigenvalue weighted by Crippen LogP contribution is -2.36. The fourth-order valence-corrected chi connectivity index (χ4v) is 2.32. The van der Waals surface area contributed by atoms with E-state index < -0.39 is 0 Å². The van der Waals surface area contributed by atoms with Gasteiger partial charge in [-0.05, 0) is 19.4 Å². The Morgan fingerprint density at radius 1 is 1.60 bits per heavy atom. The largest absolute Gasteiger partial charge is 0.356 e. The lowest BCUT2D eigenvalue weighted by Gasteiger charge is -2.14. The van der Waals surface area contributed by atoms with Gasteiger partial charge in [0.05, 0.1) is 6.54 Å². The van der Waals surface area contributed by atoms with Crippen LogP contribution in [0.25, 0.3) is 0 Å². The Morgan fingerprint density at radius 3 is 3.25 bits per heavy atom. The van der Waals surface area contributed by atoms with Crippen LogP contribution < -0.4 is 10.6 Å². The third-order valence-electron chi connectivity index (χ3n) is 3.27. The first-order chi connectivity index (χ1) is 9.72. The molecule has 106 valence electrons. The molecule has 0 aromatic carbocycles. The number of fused-ring (bicyclic) bond motifs is 1. The van der Waals surface area contributed by atoms with E-state index >= 15 is 0 Å². The Hall–Kier alpha value is -2.31. The van der Waals surface area contributed by atoms with Gasteiger partial charge in [0.2, 0.25) is 5.95 Å². The number of nitrogens with one attached hydrogen (secondary N) is 2. The number of rotatable bonds is 4. The van der Waals surface area contributed by atoms with E-state index in [0.717, 1.165) is 25.5 Å². The molecule has 20 heavy (non-hydrogen) atoms. The molecule has 0 radical (unpaired) electrons. The first-order valence-electron chi connectivity index (χ1n) is 6.82. The third kappa shape index (κ3) is 2.66. The van der Waals surface area contributed by atoms with Crippen LogP contribution in [0.4, 0.5) is 5.95 Å². The van der Waals surface area contributed by atoms with Gasteiger partial charge in [0.1, 0.15) is 5.69 Å². The molecule has 1 amide bonds. The van der Waals surface area contributed by atoms with Crippen molar-refractivity contribution in [2.75, 3.05) is 11.9 Å². The summed E-state index contributed by atoms with van der Waals surface area (Å²) in [7, 11) is 0. The molecule has 1 aliphatic heterocycles. The van der Waals surface area contributed by atoms with Crippen molar-refractivity contribution in [2.24, 2.45) is 0 Å². The molecular weight excluding hydrogens is 256 g/mol. The number of hydrogen-bond acceptors (Lipinski definition) is 4. The summed E-state index contributed by atoms with van der Waals surface area (Å²) in [5, 5.41) is 10.3. The zero-order valence-corrected chi connectivity index (χ0v) is 11.4. The number of amides is 1. The van der Waals surface area contributed by atoms with Crippen molar-refractivity contribution < 1.29 is 4.79 Å². The molecule has 0 fully saturated rings. The van der Waals surface area contributed by atoms with Crippen molar-refractivity contribution in [1.82, 2.24) is 24.6 Å². The zero-order chi connectivity index (χ0) is 13.9. The Balaban J connectivity index is 1.62. The number of imidazole rings is 1. The van der Waals surface area contributed by atoms with E-state index in [-0.39, 0.29) is 11.9 Å². The van der Waals surface area contributed by atoms with Crippen molar-refractivity contribution in [3.8, 4) is 0 Å². The van der Waals surface area contributed by atoms with Crippen LogP contribution in [0.5, 0.6) is 0 Å². The topological polar surface area (TPSA) is 76.8 Å². The molecule has 1 atom stereocenters. The molecule has 2 aromatic heterocycles. The van der Waals surface area contributed by atoms with E-state index in [2.05, 4.69) is 20.7 Å². The summed E-state index contributed by atoms with van der Waals surface area (Å²) in [6.45, 7) is 4.41. The Morgan fingerprint density at radius 2 is 2.50 bits per heavy atom. The highest BCUT2D eigenvalue weighted by atomic mass is 16.2. The molecule has 1 unspecified atom stereocenters. The molecule has 2 aromatic rings. The number of hydrogen-bond donors (Lipinski definition) is 2. The van der Waals surface area contributed by atoms with E-state index in [1.54, 1.807) is 17.1 Å². The van der Waals surface area contributed by atoms with Crippen molar-refractivity contribution >= 4 is 11.9 Å². The fourth-order valence-electron chi connectivity index (χ4n) is 2.32. The fraction of sp³-hybridized carbons (Fsp3) is 0.462. The molecule has 2 N–H and O–H groups in total. The zero-order valence-electron chi connectivity index (χ0n) is 11.4. The number of aryl methyl sites for hydroxylation is 1. The number of carbonyl (C=O) groups excluding carboxylic acids is 1. The molecule has 0 bridgehead atoms. The molecule has 0 saturated carbocycles. The Kier molecular flexibility index (Phi) is 3.41. The number of anilines is 1. The number of carbonyl (C=O) groups is 1. The lowest BCUT2D eigenvalue weighted by atomic mass is 10.3. The molecule has 1 aliphatic rings. The normalized spacial score (nSPS) is 15.2. The molecule has 3 rings (SSSR count). The number of nitrogens with zero attached hydrogens (tertiary/aromatic N) is 4. The summed E-state index contributed by atoms with van der Waals surface area (Å²) < 4.78 is 3.78. The summed E-state index contributed by atoms with van der Waals surface area (Å²) in [6, 6.07) is 1.86. The van der Waals surface area contributed by atoms with E-state index in [1.165, 1.54) is 0 Å². The van der Waals surface area contributed by atoms with Gasteiger partial charge in [-0.1, -0.05) is 0 Å². The summed E-state index contributed by atoms with van der Waals surface area (Å²) in [4.78, 5) is 16.5. The first-order valence-corrected chi connectivity index (χ1v) is 6.82. The van der Waals surface area contributed by atoms with Gasteiger partial charge in [-0.2, -0.15) is 5.10 Å². The second kappa shape index (κ2) is 5.36. The molecule has 0 saturated heterocycles. The maximum Gasteiger partial charge on any atom is 0.271 e. The molecule has 0 spiro atoms. The van der Waals surface area contributed by atoms with E-state index in [1.807, 2.05) is 23.8 Å². The second-order valence-electron chi connectivity index (χ2n) is 5.03. The minimum Gasteiger partial charge on any atom is -0.356 e. The lowest BCUT2D eigenvalue weighted by molar-refractivity contribution is 0.0931. The SMILES string of the molecule is CC(Cn1cccn1)NC(=O)c1cn2c(n1)NCCC2. The summed E-state index contributed by atoms with van der Waals surface area (Å²) in [5.74, 6) is 0.634. The maximum absolute atomic E-state index is 12.2. The number of aromatic nitrogens is 4. The van der Waals surface area contributed by atoms with Gasteiger partial charge in [0.25, 0.3) is 5.91 Å². The molecule has 7 nitrogen and oxygen atoms in total. The van der Waals surface area contributed by atoms with Crippen molar-refractivity contribution in [1.29, 1.82) is 0 Å². The van der Waals surface area contributed by atoms with Crippen LogP contribution in [0.2, 0.25) is 0 Å². The van der Waals surface area contributed by atoms with Crippen LogP contribution >= 0.6 is 0 Å². The predicted molar refractivity (Wildman–Crippen MR) is 74.5 cm³/mol. The average Bonchev–Trinajstić information content (AvgIpc) is 3.06. The van der Waals surface area contributed by atoms with E-state index in [9.17, 15) is 4.79 Å². The molecule has 7 heteroatoms. The standard InChI is InChI=1S/C13H18N6O/c1-10(8-19-7-3-5-15-19)16-12(20)11-9-18-6-2-4-14-13(18)17-11/h3,5,7,9-10H,2,4,6,8H2,1H3,(H,14,17)(H,16,20). The minimum atomic E-state index is -0.145. The maximum atomic E-state index is 12.2. The predicted octanol–water partition coefficient (Wildman–Crippen LogP) is 0.714.